The van der Waals surface area contributed by atoms with Crippen molar-refractivity contribution in [2.75, 3.05) is 0 Å². The van der Waals surface area contributed by atoms with Gasteiger partial charge in [-0.2, -0.15) is 10.5 Å². The zero-order valence-corrected chi connectivity index (χ0v) is 30.5. The Hall–Kier alpha value is -6.82. The maximum atomic E-state index is 10.7. The second-order valence-electron chi connectivity index (χ2n) is 13.5. The monoisotopic (exact) mass is 720 g/mol. The molecular weight excluding hydrogens is 693 g/mol. The van der Waals surface area contributed by atoms with Gasteiger partial charge in [-0.1, -0.05) is 109 Å². The minimum absolute atomic E-state index is 0.468. The van der Waals surface area contributed by atoms with E-state index in [2.05, 4.69) is 140 Å². The fourth-order valence-electron chi connectivity index (χ4n) is 7.87. The van der Waals surface area contributed by atoms with Crippen molar-refractivity contribution >= 4 is 63.0 Å². The Morgan fingerprint density at radius 2 is 0.759 bits per heavy atom. The van der Waals surface area contributed by atoms with E-state index in [1.165, 1.54) is 40.3 Å². The van der Waals surface area contributed by atoms with Crippen molar-refractivity contribution in [1.29, 1.82) is 10.5 Å². The molecule has 0 radical (unpaired) electrons. The summed E-state index contributed by atoms with van der Waals surface area (Å²) in [4.78, 5) is 0. The van der Waals surface area contributed by atoms with Crippen LogP contribution < -0.4 is 0 Å². The van der Waals surface area contributed by atoms with Crippen molar-refractivity contribution in [3.05, 3.63) is 181 Å². The summed E-state index contributed by atoms with van der Waals surface area (Å²) in [7, 11) is 0. The van der Waals surface area contributed by atoms with Crippen LogP contribution in [0.3, 0.4) is 0 Å². The van der Waals surface area contributed by atoms with Crippen LogP contribution in [0.4, 0.5) is 0 Å². The largest absolute Gasteiger partial charge is 0.192 e. The summed E-state index contributed by atoms with van der Waals surface area (Å²) < 4.78 is 4.99. The van der Waals surface area contributed by atoms with Gasteiger partial charge in [0.25, 0.3) is 0 Å². The van der Waals surface area contributed by atoms with E-state index in [1.807, 2.05) is 65.1 Å². The molecule has 8 aromatic carbocycles. The van der Waals surface area contributed by atoms with E-state index in [0.29, 0.717) is 16.7 Å². The minimum atomic E-state index is 0.468. The van der Waals surface area contributed by atoms with Crippen LogP contribution in [0.5, 0.6) is 0 Å². The molecule has 10 aromatic rings. The first-order chi connectivity index (χ1) is 26.7. The van der Waals surface area contributed by atoms with Gasteiger partial charge >= 0.3 is 0 Å². The first kappa shape index (κ1) is 31.9. The Bertz CT molecular complexity index is 3000. The van der Waals surface area contributed by atoms with Gasteiger partial charge in [0, 0.05) is 45.9 Å². The third-order valence-corrected chi connectivity index (χ3v) is 12.7. The first-order valence-corrected chi connectivity index (χ1v) is 19.4. The zero-order chi connectivity index (χ0) is 36.2. The van der Waals surface area contributed by atoms with Crippen molar-refractivity contribution < 1.29 is 0 Å². The second kappa shape index (κ2) is 13.0. The molecule has 10 rings (SSSR count). The van der Waals surface area contributed by atoms with E-state index in [0.717, 1.165) is 50.1 Å². The van der Waals surface area contributed by atoms with Crippen molar-refractivity contribution in [3.63, 3.8) is 0 Å². The normalized spacial score (nSPS) is 11.3. The molecule has 54 heavy (non-hydrogen) atoms. The van der Waals surface area contributed by atoms with Gasteiger partial charge in [0.05, 0.1) is 23.3 Å². The summed E-state index contributed by atoms with van der Waals surface area (Å²) in [5.41, 5.74) is 10.7. The third kappa shape index (κ3) is 5.28. The molecule has 0 amide bonds. The number of nitrogens with zero attached hydrogens (tertiary/aromatic N) is 2. The molecule has 0 bridgehead atoms. The predicted octanol–water partition coefficient (Wildman–Crippen LogP) is 14.5. The molecule has 0 fully saturated rings. The summed E-state index contributed by atoms with van der Waals surface area (Å²) in [5.74, 6) is 0. The molecule has 0 unspecified atom stereocenters. The zero-order valence-electron chi connectivity index (χ0n) is 28.9. The van der Waals surface area contributed by atoms with Crippen LogP contribution in [0.2, 0.25) is 0 Å². The Kier molecular flexibility index (Phi) is 7.67. The van der Waals surface area contributed by atoms with Crippen LogP contribution in [0.25, 0.3) is 96.0 Å². The molecule has 0 aliphatic heterocycles. The van der Waals surface area contributed by atoms with Crippen molar-refractivity contribution in [3.8, 4) is 67.8 Å². The summed E-state index contributed by atoms with van der Waals surface area (Å²) in [6.45, 7) is 0. The SMILES string of the molecule is N#Cc1cc(-c2ccccc2)cc(C#N)c1-c1cc(-c2ccc3sc4ccccc4c3c2)c(-c2ccccc2)c(-c2ccc3sc4ccccc4c3c2)c1. The number of benzene rings is 8. The Morgan fingerprint density at radius 3 is 1.26 bits per heavy atom. The highest BCUT2D eigenvalue weighted by Crippen LogP contribution is 2.47. The molecule has 2 aromatic heterocycles. The fraction of sp³-hybridized carbons (Fsp3) is 0. The van der Waals surface area contributed by atoms with Crippen LogP contribution in [-0.2, 0) is 0 Å². The van der Waals surface area contributed by atoms with Gasteiger partial charge < -0.3 is 0 Å². The van der Waals surface area contributed by atoms with Crippen LogP contribution in [0.15, 0.2) is 170 Å². The number of nitriles is 2. The highest BCUT2D eigenvalue weighted by Gasteiger charge is 2.22. The Labute approximate surface area is 320 Å². The number of fused-ring (bicyclic) bond motifs is 6. The number of thiophene rings is 2. The minimum Gasteiger partial charge on any atom is -0.192 e. The molecule has 0 aliphatic carbocycles. The molecular formula is C50H28N2S2. The molecule has 2 nitrogen and oxygen atoms in total. The maximum Gasteiger partial charge on any atom is 0.0998 e. The van der Waals surface area contributed by atoms with Crippen LogP contribution in [-0.4, -0.2) is 0 Å². The number of hydrogen-bond acceptors (Lipinski definition) is 4. The van der Waals surface area contributed by atoms with Gasteiger partial charge in [-0.3, -0.25) is 0 Å². The highest BCUT2D eigenvalue weighted by molar-refractivity contribution is 7.26. The quantitative estimate of drug-likeness (QED) is 0.178. The molecule has 0 saturated heterocycles. The van der Waals surface area contributed by atoms with E-state index in [-0.39, 0.29) is 0 Å². The van der Waals surface area contributed by atoms with Crippen molar-refractivity contribution in [2.24, 2.45) is 0 Å². The molecule has 250 valence electrons. The van der Waals surface area contributed by atoms with Gasteiger partial charge in [0.15, 0.2) is 0 Å². The lowest BCUT2D eigenvalue weighted by Crippen LogP contribution is -1.97. The van der Waals surface area contributed by atoms with Gasteiger partial charge in [-0.05, 0) is 111 Å². The molecule has 4 heteroatoms. The number of hydrogen-bond donors (Lipinski definition) is 0. The topological polar surface area (TPSA) is 47.6 Å². The maximum absolute atomic E-state index is 10.7. The van der Waals surface area contributed by atoms with Crippen LogP contribution in [0.1, 0.15) is 11.1 Å². The Balaban J connectivity index is 1.32. The molecule has 0 spiro atoms. The standard InChI is InChI=1S/C50H28N2S2/c51-29-37-23-35(31-11-3-1-4-12-31)24-38(30-52)49(37)36-27-41(33-19-21-47-43(25-33)39-15-7-9-17-45(39)53-47)50(32-13-5-2-6-14-32)42(28-36)34-20-22-48-44(26-34)40-16-8-10-18-46(40)54-48/h1-28H. The van der Waals surface area contributed by atoms with Gasteiger partial charge in [-0.15, -0.1) is 22.7 Å². The molecule has 2 heterocycles. The van der Waals surface area contributed by atoms with E-state index >= 15 is 0 Å². The summed E-state index contributed by atoms with van der Waals surface area (Å²) >= 11 is 3.61. The third-order valence-electron chi connectivity index (χ3n) is 10.4. The fourth-order valence-corrected chi connectivity index (χ4v) is 10.0. The summed E-state index contributed by atoms with van der Waals surface area (Å²) in [5, 5.41) is 26.3. The van der Waals surface area contributed by atoms with E-state index in [1.54, 1.807) is 0 Å². The Morgan fingerprint density at radius 1 is 0.315 bits per heavy atom. The average Bonchev–Trinajstić information content (AvgIpc) is 3.81. The lowest BCUT2D eigenvalue weighted by Gasteiger charge is -2.20. The highest BCUT2D eigenvalue weighted by atomic mass is 32.1. The van der Waals surface area contributed by atoms with Crippen LogP contribution >= 0.6 is 22.7 Å². The molecule has 0 saturated carbocycles. The van der Waals surface area contributed by atoms with E-state index < -0.39 is 0 Å². The van der Waals surface area contributed by atoms with Crippen molar-refractivity contribution in [1.82, 2.24) is 0 Å². The van der Waals surface area contributed by atoms with Crippen LogP contribution in [0, 0.1) is 22.7 Å². The summed E-state index contributed by atoms with van der Waals surface area (Å²) in [6.07, 6.45) is 0. The second-order valence-corrected chi connectivity index (χ2v) is 15.6. The van der Waals surface area contributed by atoms with Crippen molar-refractivity contribution in [2.45, 2.75) is 0 Å². The lowest BCUT2D eigenvalue weighted by molar-refractivity contribution is 1.43. The molecule has 0 aliphatic rings. The van der Waals surface area contributed by atoms with E-state index in [9.17, 15) is 10.5 Å². The average molecular weight is 721 g/mol. The first-order valence-electron chi connectivity index (χ1n) is 17.8. The van der Waals surface area contributed by atoms with E-state index in [4.69, 9.17) is 0 Å². The molecule has 0 N–H and O–H groups in total. The smallest absolute Gasteiger partial charge is 0.0998 e. The van der Waals surface area contributed by atoms with Gasteiger partial charge in [-0.25, -0.2) is 0 Å². The predicted molar refractivity (Wildman–Crippen MR) is 229 cm³/mol. The summed E-state index contributed by atoms with van der Waals surface area (Å²) in [6, 6.07) is 64.4. The van der Waals surface area contributed by atoms with Gasteiger partial charge in [0.1, 0.15) is 0 Å². The molecule has 0 atom stereocenters. The number of rotatable bonds is 5. The lowest BCUT2D eigenvalue weighted by atomic mass is 9.82. The van der Waals surface area contributed by atoms with Gasteiger partial charge in [0.2, 0.25) is 0 Å².